The lowest BCUT2D eigenvalue weighted by Crippen LogP contribution is -2.47. The standard InChI is InChI=1S/C65H119N2O7P/c1-7-10-13-16-19-22-25-27-29-31-32-33-34-36-38-40-43-46-49-52-55-58-65(69)74-63(56-53-50-47-44-41-24-21-18-15-12-9-3)62(61-73-75(70,71)72-60-59-67(4,5)6)66-64(68)57-54-51-48-45-42-39-37-35-30-28-26-23-20-17-14-11-8-2/h19-20,22-23,27-30,37,39,53,56,62-63H,7-18,21,24-26,31-36,38,40-52,54-55,57-61H2,1-6H3,(H-,66,68,70,71)/b22-19-,23-20-,29-27-,30-28-,39-37-,56-53+. The van der Waals surface area contributed by atoms with Crippen molar-refractivity contribution in [3.05, 3.63) is 72.9 Å². The molecular formula is C65H119N2O7P. The smallest absolute Gasteiger partial charge is 0.306 e. The van der Waals surface area contributed by atoms with Gasteiger partial charge in [0.1, 0.15) is 19.3 Å². The lowest BCUT2D eigenvalue weighted by Gasteiger charge is -2.30. The van der Waals surface area contributed by atoms with Gasteiger partial charge in [-0.25, -0.2) is 0 Å². The number of carbonyl (C=O) groups excluding carboxylic acids is 2. The Labute approximate surface area is 463 Å². The highest BCUT2D eigenvalue weighted by Crippen LogP contribution is 2.38. The van der Waals surface area contributed by atoms with Gasteiger partial charge in [0, 0.05) is 12.8 Å². The maximum absolute atomic E-state index is 13.5. The molecule has 0 aliphatic heterocycles. The highest BCUT2D eigenvalue weighted by Gasteiger charge is 2.27. The van der Waals surface area contributed by atoms with E-state index in [0.29, 0.717) is 17.4 Å². The summed E-state index contributed by atoms with van der Waals surface area (Å²) in [5, 5.41) is 3.01. The van der Waals surface area contributed by atoms with Crippen LogP contribution in [0.3, 0.4) is 0 Å². The zero-order chi connectivity index (χ0) is 55.0. The van der Waals surface area contributed by atoms with Crippen molar-refractivity contribution in [3.8, 4) is 0 Å². The maximum atomic E-state index is 13.5. The minimum atomic E-state index is -4.71. The molecular weight excluding hydrogens is 952 g/mol. The van der Waals surface area contributed by atoms with Gasteiger partial charge in [-0.15, -0.1) is 0 Å². The lowest BCUT2D eigenvalue weighted by molar-refractivity contribution is -0.870. The number of amides is 1. The molecule has 0 aliphatic rings. The third-order valence-corrected chi connectivity index (χ3v) is 14.6. The van der Waals surface area contributed by atoms with E-state index in [4.69, 9.17) is 13.8 Å². The second-order valence-corrected chi connectivity index (χ2v) is 23.6. The Balaban J connectivity index is 5.23. The minimum absolute atomic E-state index is 0.0292. The number of hydrogen-bond donors (Lipinski definition) is 1. The van der Waals surface area contributed by atoms with E-state index < -0.39 is 26.6 Å². The number of likely N-dealkylation sites (N-methyl/N-ethyl adjacent to an activating group) is 1. The van der Waals surface area contributed by atoms with Gasteiger partial charge in [-0.3, -0.25) is 14.2 Å². The van der Waals surface area contributed by atoms with Gasteiger partial charge in [-0.1, -0.05) is 235 Å². The SMILES string of the molecule is CCCCC/C=C\C/C=C\C/C=C\CCCCCCC(=O)NC(COP(=O)([O-])OCC[N+](C)(C)C)C(/C=C/CCCCCCCCCCC)OC(=O)CCCCCCCCCCCCC/C=C\C/C=C\CCCCC. The number of nitrogens with zero attached hydrogens (tertiary/aromatic N) is 1. The van der Waals surface area contributed by atoms with Gasteiger partial charge >= 0.3 is 5.97 Å². The fourth-order valence-electron chi connectivity index (χ4n) is 8.74. The van der Waals surface area contributed by atoms with Crippen LogP contribution < -0.4 is 10.2 Å². The van der Waals surface area contributed by atoms with E-state index >= 15 is 0 Å². The van der Waals surface area contributed by atoms with Crippen LogP contribution in [0.4, 0.5) is 0 Å². The highest BCUT2D eigenvalue weighted by atomic mass is 31.2. The van der Waals surface area contributed by atoms with Crippen molar-refractivity contribution in [1.82, 2.24) is 5.32 Å². The van der Waals surface area contributed by atoms with Crippen LogP contribution in [0, 0.1) is 0 Å². The zero-order valence-electron chi connectivity index (χ0n) is 49.7. The fraction of sp³-hybridized carbons (Fsp3) is 0.785. The molecule has 0 saturated heterocycles. The van der Waals surface area contributed by atoms with Crippen LogP contribution in [0.15, 0.2) is 72.9 Å². The number of phosphoric acid groups is 1. The number of phosphoric ester groups is 1. The van der Waals surface area contributed by atoms with Crippen LogP contribution in [0.2, 0.25) is 0 Å². The molecule has 0 aromatic heterocycles. The first-order valence-electron chi connectivity index (χ1n) is 31.2. The molecule has 10 heteroatoms. The van der Waals surface area contributed by atoms with Crippen LogP contribution in [-0.2, 0) is 27.9 Å². The molecule has 0 saturated carbocycles. The molecule has 0 aromatic carbocycles. The normalized spacial score (nSPS) is 14.2. The van der Waals surface area contributed by atoms with Gasteiger partial charge in [0.15, 0.2) is 0 Å². The number of ether oxygens (including phenoxy) is 1. The third kappa shape index (κ3) is 56.0. The first-order chi connectivity index (χ1) is 36.4. The Morgan fingerprint density at radius 3 is 1.24 bits per heavy atom. The number of unbranched alkanes of at least 4 members (excludes halogenated alkanes) is 30. The first kappa shape index (κ1) is 72.5. The van der Waals surface area contributed by atoms with Crippen LogP contribution in [0.1, 0.15) is 278 Å². The summed E-state index contributed by atoms with van der Waals surface area (Å²) in [6, 6.07) is -0.902. The summed E-state index contributed by atoms with van der Waals surface area (Å²) in [7, 11) is 1.16. The Hall–Kier alpha value is -2.55. The summed E-state index contributed by atoms with van der Waals surface area (Å²) in [5.41, 5.74) is 0. The van der Waals surface area contributed by atoms with Gasteiger partial charge in [0.25, 0.3) is 7.82 Å². The molecule has 436 valence electrons. The van der Waals surface area contributed by atoms with Crippen LogP contribution in [0.25, 0.3) is 0 Å². The molecule has 1 amide bonds. The van der Waals surface area contributed by atoms with Gasteiger partial charge in [0.05, 0.1) is 33.8 Å². The number of esters is 1. The van der Waals surface area contributed by atoms with E-state index in [1.54, 1.807) is 0 Å². The molecule has 0 fully saturated rings. The second-order valence-electron chi connectivity index (χ2n) is 22.2. The van der Waals surface area contributed by atoms with E-state index in [2.05, 4.69) is 86.8 Å². The van der Waals surface area contributed by atoms with Crippen LogP contribution >= 0.6 is 7.82 Å². The van der Waals surface area contributed by atoms with E-state index in [1.807, 2.05) is 33.3 Å². The molecule has 0 aliphatic carbocycles. The molecule has 0 heterocycles. The average Bonchev–Trinajstić information content (AvgIpc) is 3.37. The van der Waals surface area contributed by atoms with Crippen molar-refractivity contribution < 1.29 is 37.3 Å². The highest BCUT2D eigenvalue weighted by molar-refractivity contribution is 7.45. The zero-order valence-corrected chi connectivity index (χ0v) is 50.6. The van der Waals surface area contributed by atoms with Gasteiger partial charge in [0.2, 0.25) is 5.91 Å². The molecule has 3 atom stereocenters. The van der Waals surface area contributed by atoms with E-state index in [0.717, 1.165) is 83.5 Å². The molecule has 0 rings (SSSR count). The molecule has 0 aromatic rings. The first-order valence-corrected chi connectivity index (χ1v) is 32.7. The largest absolute Gasteiger partial charge is 0.756 e. The van der Waals surface area contributed by atoms with E-state index in [9.17, 15) is 19.0 Å². The molecule has 3 unspecified atom stereocenters. The number of nitrogens with one attached hydrogen (secondary N) is 1. The summed E-state index contributed by atoms with van der Waals surface area (Å²) in [5.74, 6) is -0.567. The Morgan fingerprint density at radius 1 is 0.467 bits per heavy atom. The topological polar surface area (TPSA) is 114 Å². The fourth-order valence-corrected chi connectivity index (χ4v) is 9.46. The van der Waals surface area contributed by atoms with E-state index in [-0.39, 0.29) is 31.3 Å². The Bertz CT molecular complexity index is 1510. The number of carbonyl (C=O) groups is 2. The van der Waals surface area contributed by atoms with Crippen molar-refractivity contribution >= 4 is 19.7 Å². The summed E-state index contributed by atoms with van der Waals surface area (Å²) in [4.78, 5) is 40.0. The molecule has 0 radical (unpaired) electrons. The van der Waals surface area contributed by atoms with E-state index in [1.165, 1.54) is 154 Å². The quantitative estimate of drug-likeness (QED) is 0.0212. The third-order valence-electron chi connectivity index (χ3n) is 13.6. The summed E-state index contributed by atoms with van der Waals surface area (Å²) < 4.78 is 30.3. The Kier molecular flexibility index (Phi) is 52.9. The molecule has 75 heavy (non-hydrogen) atoms. The molecule has 9 nitrogen and oxygen atoms in total. The van der Waals surface area contributed by atoms with Crippen molar-refractivity contribution in [2.45, 2.75) is 290 Å². The summed E-state index contributed by atoms with van der Waals surface area (Å²) in [6.07, 6.45) is 70.1. The van der Waals surface area contributed by atoms with Crippen LogP contribution in [0.5, 0.6) is 0 Å². The van der Waals surface area contributed by atoms with Crippen molar-refractivity contribution in [3.63, 3.8) is 0 Å². The number of allylic oxidation sites excluding steroid dienone is 11. The predicted molar refractivity (Wildman–Crippen MR) is 321 cm³/mol. The maximum Gasteiger partial charge on any atom is 0.306 e. The predicted octanol–water partition coefficient (Wildman–Crippen LogP) is 18.6. The van der Waals surface area contributed by atoms with Crippen LogP contribution in [-0.4, -0.2) is 69.4 Å². The van der Waals surface area contributed by atoms with Crippen molar-refractivity contribution in [2.75, 3.05) is 40.9 Å². The minimum Gasteiger partial charge on any atom is -0.756 e. The lowest BCUT2D eigenvalue weighted by atomic mass is 10.0. The average molecular weight is 1070 g/mol. The van der Waals surface area contributed by atoms with Crippen molar-refractivity contribution in [1.29, 1.82) is 0 Å². The second kappa shape index (κ2) is 54.8. The molecule has 1 N–H and O–H groups in total. The summed E-state index contributed by atoms with van der Waals surface area (Å²) >= 11 is 0. The van der Waals surface area contributed by atoms with Gasteiger partial charge in [-0.05, 0) is 102 Å². The monoisotopic (exact) mass is 1070 g/mol. The number of rotatable bonds is 56. The van der Waals surface area contributed by atoms with Crippen molar-refractivity contribution in [2.24, 2.45) is 0 Å². The Morgan fingerprint density at radius 2 is 0.813 bits per heavy atom. The number of quaternary nitrogens is 1. The molecule has 0 bridgehead atoms. The van der Waals surface area contributed by atoms with Gasteiger partial charge < -0.3 is 28.5 Å². The number of hydrogen-bond acceptors (Lipinski definition) is 7. The molecule has 0 spiro atoms. The summed E-state index contributed by atoms with van der Waals surface area (Å²) in [6.45, 7) is 6.77. The van der Waals surface area contributed by atoms with Gasteiger partial charge in [-0.2, -0.15) is 0 Å².